The predicted molar refractivity (Wildman–Crippen MR) is 91.6 cm³/mol. The van der Waals surface area contributed by atoms with Crippen LogP contribution in [0.1, 0.15) is 61.3 Å². The third kappa shape index (κ3) is 10.4. The molecule has 0 aromatic carbocycles. The van der Waals surface area contributed by atoms with Crippen LogP contribution in [0.2, 0.25) is 0 Å². The van der Waals surface area contributed by atoms with E-state index < -0.39 is 0 Å². The number of likely N-dealkylation sites (tertiary alicyclic amines) is 1. The van der Waals surface area contributed by atoms with Crippen molar-refractivity contribution >= 4 is 17.9 Å². The van der Waals surface area contributed by atoms with Crippen LogP contribution in [0.3, 0.4) is 0 Å². The van der Waals surface area contributed by atoms with Gasteiger partial charge in [0, 0.05) is 13.1 Å². The van der Waals surface area contributed by atoms with Crippen LogP contribution in [0.15, 0.2) is 0 Å². The van der Waals surface area contributed by atoms with Gasteiger partial charge >= 0.3 is 6.09 Å². The van der Waals surface area contributed by atoms with Crippen LogP contribution < -0.4 is 0 Å². The molecule has 20 heavy (non-hydrogen) atoms. The van der Waals surface area contributed by atoms with E-state index in [1.807, 2.05) is 65.1 Å². The molecule has 1 amide bonds. The zero-order valence-corrected chi connectivity index (χ0v) is 15.6. The molecule has 0 aromatic heterocycles. The fourth-order valence-electron chi connectivity index (χ4n) is 1.85. The Kier molecular flexibility index (Phi) is 13.5. The topological polar surface area (TPSA) is 29.5 Å². The van der Waals surface area contributed by atoms with Gasteiger partial charge in [-0.3, -0.25) is 0 Å². The fourth-order valence-corrected chi connectivity index (χ4v) is 2.41. The van der Waals surface area contributed by atoms with E-state index in [0.717, 1.165) is 19.5 Å². The minimum Gasteiger partial charge on any atom is -0.444 e. The predicted octanol–water partition coefficient (Wildman–Crippen LogP) is 5.05. The second-order valence-electron chi connectivity index (χ2n) is 5.36. The van der Waals surface area contributed by atoms with Gasteiger partial charge in [0.25, 0.3) is 0 Å². The maximum absolute atomic E-state index is 11.8. The fraction of sp³-hybridized carbons (Fsp3) is 0.938. The van der Waals surface area contributed by atoms with Gasteiger partial charge in [0.15, 0.2) is 0 Å². The molecule has 0 aromatic rings. The molecular formula is C16H35NO2S. The molecular weight excluding hydrogens is 270 g/mol. The highest BCUT2D eigenvalue weighted by molar-refractivity contribution is 7.98. The molecule has 4 heteroatoms. The Morgan fingerprint density at radius 2 is 1.80 bits per heavy atom. The van der Waals surface area contributed by atoms with Crippen molar-refractivity contribution in [3.63, 3.8) is 0 Å². The van der Waals surface area contributed by atoms with E-state index in [2.05, 4.69) is 6.26 Å². The highest BCUT2D eigenvalue weighted by Gasteiger charge is 2.29. The number of ether oxygens (including phenoxy) is 1. The number of thioether (sulfide) groups is 1. The van der Waals surface area contributed by atoms with E-state index in [0.29, 0.717) is 5.92 Å². The van der Waals surface area contributed by atoms with E-state index in [4.69, 9.17) is 4.74 Å². The number of carbonyl (C=O) groups excluding carboxylic acids is 1. The van der Waals surface area contributed by atoms with Crippen molar-refractivity contribution in [1.82, 2.24) is 4.90 Å². The summed E-state index contributed by atoms with van der Waals surface area (Å²) in [6, 6.07) is 0. The van der Waals surface area contributed by atoms with Crippen molar-refractivity contribution in [3.8, 4) is 0 Å². The number of carbonyl (C=O) groups is 1. The molecule has 1 aliphatic rings. The molecule has 0 aliphatic carbocycles. The third-order valence-electron chi connectivity index (χ3n) is 2.67. The minimum absolute atomic E-state index is 0.154. The molecule has 1 aliphatic heterocycles. The Labute approximate surface area is 130 Å². The molecule has 122 valence electrons. The molecule has 1 saturated heterocycles. The van der Waals surface area contributed by atoms with E-state index in [9.17, 15) is 4.79 Å². The first-order valence-electron chi connectivity index (χ1n) is 7.89. The molecule has 0 radical (unpaired) electrons. The van der Waals surface area contributed by atoms with Crippen molar-refractivity contribution in [2.75, 3.05) is 25.1 Å². The second kappa shape index (κ2) is 12.4. The zero-order valence-electron chi connectivity index (χ0n) is 14.8. The van der Waals surface area contributed by atoms with Gasteiger partial charge in [-0.25, -0.2) is 4.79 Å². The molecule has 1 unspecified atom stereocenters. The lowest BCUT2D eigenvalue weighted by Gasteiger charge is -2.24. The average molecular weight is 306 g/mol. The van der Waals surface area contributed by atoms with Crippen molar-refractivity contribution in [2.24, 2.45) is 5.92 Å². The largest absolute Gasteiger partial charge is 0.444 e. The summed E-state index contributed by atoms with van der Waals surface area (Å²) in [4.78, 5) is 13.6. The highest BCUT2D eigenvalue weighted by atomic mass is 32.2. The zero-order chi connectivity index (χ0) is 16.2. The molecule has 0 N–H and O–H groups in total. The van der Waals surface area contributed by atoms with Gasteiger partial charge in [0.1, 0.15) is 5.60 Å². The summed E-state index contributed by atoms with van der Waals surface area (Å²) in [5.41, 5.74) is -0.381. The van der Waals surface area contributed by atoms with Gasteiger partial charge in [0.05, 0.1) is 0 Å². The number of rotatable bonds is 3. The normalized spacial score (nSPS) is 17.6. The van der Waals surface area contributed by atoms with E-state index in [1.165, 1.54) is 12.2 Å². The first-order chi connectivity index (χ1) is 9.42. The number of amides is 1. The maximum atomic E-state index is 11.8. The Balaban J connectivity index is 0. The lowest BCUT2D eigenvalue weighted by Crippen LogP contribution is -2.35. The Morgan fingerprint density at radius 1 is 1.25 bits per heavy atom. The molecule has 1 fully saturated rings. The highest BCUT2D eigenvalue weighted by Crippen LogP contribution is 2.22. The Morgan fingerprint density at radius 3 is 2.25 bits per heavy atom. The minimum atomic E-state index is -0.381. The molecule has 1 atom stereocenters. The monoisotopic (exact) mass is 305 g/mol. The summed E-state index contributed by atoms with van der Waals surface area (Å²) in [6.45, 7) is 15.5. The summed E-state index contributed by atoms with van der Waals surface area (Å²) < 4.78 is 5.36. The van der Waals surface area contributed by atoms with Crippen LogP contribution in [-0.2, 0) is 4.74 Å². The smallest absolute Gasteiger partial charge is 0.410 e. The summed E-state index contributed by atoms with van der Waals surface area (Å²) in [5, 5.41) is 0. The Hall–Kier alpha value is -0.380. The van der Waals surface area contributed by atoms with E-state index in [-0.39, 0.29) is 11.7 Å². The first kappa shape index (κ1) is 21.9. The summed E-state index contributed by atoms with van der Waals surface area (Å²) in [5.74, 6) is 1.85. The SMILES string of the molecule is CC.CC.CSCCC1CCN(C(=O)OC(C)(C)C)C1. The van der Waals surface area contributed by atoms with E-state index >= 15 is 0 Å². The lowest BCUT2D eigenvalue weighted by molar-refractivity contribution is 0.0288. The van der Waals surface area contributed by atoms with Gasteiger partial charge < -0.3 is 9.64 Å². The third-order valence-corrected chi connectivity index (χ3v) is 3.31. The molecule has 0 saturated carbocycles. The molecule has 3 nitrogen and oxygen atoms in total. The van der Waals surface area contributed by atoms with E-state index in [1.54, 1.807) is 0 Å². The standard InChI is InChI=1S/C12H23NO2S.2C2H6/c1-12(2,3)15-11(14)13-7-5-10(9-13)6-8-16-4;2*1-2/h10H,5-9H2,1-4H3;2*1-2H3. The van der Waals surface area contributed by atoms with Crippen LogP contribution in [-0.4, -0.2) is 41.7 Å². The molecule has 1 heterocycles. The van der Waals surface area contributed by atoms with Crippen molar-refractivity contribution in [2.45, 2.75) is 66.9 Å². The van der Waals surface area contributed by atoms with Crippen LogP contribution in [0, 0.1) is 5.92 Å². The Bertz CT molecular complexity index is 239. The van der Waals surface area contributed by atoms with Gasteiger partial charge in [-0.1, -0.05) is 27.7 Å². The lowest BCUT2D eigenvalue weighted by atomic mass is 10.1. The molecule has 0 bridgehead atoms. The average Bonchev–Trinajstić information content (AvgIpc) is 2.88. The van der Waals surface area contributed by atoms with Crippen molar-refractivity contribution < 1.29 is 9.53 Å². The van der Waals surface area contributed by atoms with Crippen molar-refractivity contribution in [1.29, 1.82) is 0 Å². The summed E-state index contributed by atoms with van der Waals surface area (Å²) in [6.07, 6.45) is 4.31. The summed E-state index contributed by atoms with van der Waals surface area (Å²) >= 11 is 1.87. The number of nitrogens with zero attached hydrogens (tertiary/aromatic N) is 1. The van der Waals surface area contributed by atoms with Gasteiger partial charge in [-0.15, -0.1) is 0 Å². The van der Waals surface area contributed by atoms with Gasteiger partial charge in [-0.2, -0.15) is 11.8 Å². The quantitative estimate of drug-likeness (QED) is 0.731. The first-order valence-corrected chi connectivity index (χ1v) is 9.28. The van der Waals surface area contributed by atoms with Crippen LogP contribution >= 0.6 is 11.8 Å². The maximum Gasteiger partial charge on any atom is 0.410 e. The van der Waals surface area contributed by atoms with Crippen LogP contribution in [0.4, 0.5) is 4.79 Å². The van der Waals surface area contributed by atoms with Crippen molar-refractivity contribution in [3.05, 3.63) is 0 Å². The van der Waals surface area contributed by atoms with Crippen LogP contribution in [0.25, 0.3) is 0 Å². The van der Waals surface area contributed by atoms with Crippen LogP contribution in [0.5, 0.6) is 0 Å². The molecule has 0 spiro atoms. The number of hydrogen-bond donors (Lipinski definition) is 0. The van der Waals surface area contributed by atoms with Gasteiger partial charge in [-0.05, 0) is 51.5 Å². The number of hydrogen-bond acceptors (Lipinski definition) is 3. The summed E-state index contributed by atoms with van der Waals surface area (Å²) in [7, 11) is 0. The molecule has 1 rings (SSSR count). The van der Waals surface area contributed by atoms with Gasteiger partial charge in [0.2, 0.25) is 0 Å². The second-order valence-corrected chi connectivity index (χ2v) is 6.35.